The molecule has 0 atom stereocenters. The minimum absolute atomic E-state index is 0.0313. The van der Waals surface area contributed by atoms with E-state index in [2.05, 4.69) is 20.3 Å². The molecular weight excluding hydrogens is 376 g/mol. The molecule has 1 aliphatic rings. The van der Waals surface area contributed by atoms with Crippen LogP contribution in [0, 0.1) is 0 Å². The van der Waals surface area contributed by atoms with Crippen molar-refractivity contribution in [2.75, 3.05) is 16.9 Å². The van der Waals surface area contributed by atoms with Gasteiger partial charge >= 0.3 is 6.61 Å². The molecule has 7 nitrogen and oxygen atoms in total. The number of hydrogen-bond acceptors (Lipinski definition) is 6. The number of amides is 1. The van der Waals surface area contributed by atoms with Gasteiger partial charge in [0.05, 0.1) is 5.75 Å². The van der Waals surface area contributed by atoms with E-state index in [-0.39, 0.29) is 17.4 Å². The fourth-order valence-electron chi connectivity index (χ4n) is 3.07. The number of thioether (sulfide) groups is 1. The average Bonchev–Trinajstić information content (AvgIpc) is 3.02. The summed E-state index contributed by atoms with van der Waals surface area (Å²) in [5.41, 5.74) is 0.485. The van der Waals surface area contributed by atoms with E-state index < -0.39 is 6.61 Å². The zero-order chi connectivity index (χ0) is 19.2. The molecular formula is C17H21F2N5O2S. The summed E-state index contributed by atoms with van der Waals surface area (Å²) < 4.78 is 30.0. The molecule has 0 saturated heterocycles. The van der Waals surface area contributed by atoms with Crippen LogP contribution in [0.2, 0.25) is 0 Å². The first kappa shape index (κ1) is 19.4. The Kier molecular flexibility index (Phi) is 6.49. The Labute approximate surface area is 159 Å². The number of nitrogens with zero attached hydrogens (tertiary/aromatic N) is 3. The Morgan fingerprint density at radius 2 is 1.96 bits per heavy atom. The molecule has 2 aromatic rings. The maximum atomic E-state index is 12.1. The summed E-state index contributed by atoms with van der Waals surface area (Å²) in [6, 6.07) is 5.71. The number of nitrogens with one attached hydrogen (secondary N) is 1. The number of halogens is 2. The molecule has 1 heterocycles. The number of aromatic nitrogens is 3. The molecule has 1 saturated carbocycles. The van der Waals surface area contributed by atoms with Gasteiger partial charge in [-0.05, 0) is 37.1 Å². The highest BCUT2D eigenvalue weighted by molar-refractivity contribution is 7.99. The van der Waals surface area contributed by atoms with E-state index in [4.69, 9.17) is 5.84 Å². The van der Waals surface area contributed by atoms with Crippen LogP contribution in [0.5, 0.6) is 5.75 Å². The number of hydrogen-bond donors (Lipinski definition) is 2. The zero-order valence-corrected chi connectivity index (χ0v) is 15.4. The number of nitrogens with two attached hydrogens (primary N) is 1. The third-order valence-electron chi connectivity index (χ3n) is 4.36. The summed E-state index contributed by atoms with van der Waals surface area (Å²) in [5, 5.41) is 11.5. The van der Waals surface area contributed by atoms with Crippen molar-refractivity contribution in [3.8, 4) is 5.75 Å². The molecule has 146 valence electrons. The number of ether oxygens (including phenoxy) is 1. The van der Waals surface area contributed by atoms with Gasteiger partial charge < -0.3 is 15.9 Å². The maximum absolute atomic E-state index is 12.1. The van der Waals surface area contributed by atoms with Crippen LogP contribution in [0.15, 0.2) is 29.4 Å². The van der Waals surface area contributed by atoms with Crippen LogP contribution < -0.4 is 15.9 Å². The number of alkyl halides is 2. The molecule has 0 unspecified atom stereocenters. The average molecular weight is 397 g/mol. The Balaban J connectivity index is 1.51. The van der Waals surface area contributed by atoms with Crippen molar-refractivity contribution >= 4 is 23.4 Å². The predicted molar refractivity (Wildman–Crippen MR) is 98.4 cm³/mol. The van der Waals surface area contributed by atoms with E-state index >= 15 is 0 Å². The van der Waals surface area contributed by atoms with Gasteiger partial charge in [0, 0.05) is 11.6 Å². The summed E-state index contributed by atoms with van der Waals surface area (Å²) in [7, 11) is 0. The molecule has 3 N–H and O–H groups in total. The highest BCUT2D eigenvalue weighted by atomic mass is 32.2. The number of anilines is 1. The number of carbonyl (C=O) groups excluding carboxylic acids is 1. The van der Waals surface area contributed by atoms with E-state index in [0.717, 1.165) is 18.7 Å². The van der Waals surface area contributed by atoms with Crippen LogP contribution in [-0.2, 0) is 4.79 Å². The summed E-state index contributed by atoms with van der Waals surface area (Å²) in [4.78, 5) is 12.1. The first-order valence-electron chi connectivity index (χ1n) is 8.71. The third kappa shape index (κ3) is 5.31. The summed E-state index contributed by atoms with van der Waals surface area (Å²) in [5.74, 6) is 7.07. The monoisotopic (exact) mass is 397 g/mol. The largest absolute Gasteiger partial charge is 0.435 e. The predicted octanol–water partition coefficient (Wildman–Crippen LogP) is 3.37. The minimum atomic E-state index is -2.88. The van der Waals surface area contributed by atoms with Crippen LogP contribution in [0.1, 0.15) is 43.8 Å². The second-order valence-corrected chi connectivity index (χ2v) is 7.23. The quantitative estimate of drug-likeness (QED) is 0.549. The van der Waals surface area contributed by atoms with Gasteiger partial charge in [0.2, 0.25) is 11.1 Å². The summed E-state index contributed by atoms with van der Waals surface area (Å²) in [6.45, 7) is -2.88. The lowest BCUT2D eigenvalue weighted by atomic mass is 9.89. The van der Waals surface area contributed by atoms with E-state index in [1.807, 2.05) is 0 Å². The molecule has 1 aliphatic carbocycles. The molecule has 27 heavy (non-hydrogen) atoms. The van der Waals surface area contributed by atoms with Crippen LogP contribution >= 0.6 is 11.8 Å². The number of carbonyl (C=O) groups is 1. The van der Waals surface area contributed by atoms with Crippen LogP contribution in [0.25, 0.3) is 0 Å². The van der Waals surface area contributed by atoms with Crippen molar-refractivity contribution < 1.29 is 18.3 Å². The molecule has 10 heteroatoms. The van der Waals surface area contributed by atoms with E-state index in [1.54, 1.807) is 0 Å². The molecule has 0 radical (unpaired) electrons. The van der Waals surface area contributed by atoms with Crippen LogP contribution in [-0.4, -0.2) is 33.1 Å². The smallest absolute Gasteiger partial charge is 0.387 e. The van der Waals surface area contributed by atoms with Gasteiger partial charge in [-0.25, -0.2) is 4.68 Å². The summed E-state index contributed by atoms with van der Waals surface area (Å²) in [6.07, 6.45) is 5.71. The Morgan fingerprint density at radius 1 is 1.26 bits per heavy atom. The van der Waals surface area contributed by atoms with Gasteiger partial charge in [-0.15, -0.1) is 10.2 Å². The van der Waals surface area contributed by atoms with Crippen LogP contribution in [0.4, 0.5) is 14.5 Å². The van der Waals surface area contributed by atoms with Crippen molar-refractivity contribution in [2.24, 2.45) is 0 Å². The lowest BCUT2D eigenvalue weighted by Gasteiger charge is -2.20. The fraction of sp³-hybridized carbons (Fsp3) is 0.471. The van der Waals surface area contributed by atoms with E-state index in [0.29, 0.717) is 16.8 Å². The van der Waals surface area contributed by atoms with Gasteiger partial charge in [-0.2, -0.15) is 8.78 Å². The zero-order valence-electron chi connectivity index (χ0n) is 14.6. The maximum Gasteiger partial charge on any atom is 0.387 e. The Morgan fingerprint density at radius 3 is 2.63 bits per heavy atom. The van der Waals surface area contributed by atoms with Gasteiger partial charge in [0.1, 0.15) is 5.75 Å². The van der Waals surface area contributed by atoms with Crippen molar-refractivity contribution in [3.05, 3.63) is 30.1 Å². The molecule has 1 aromatic heterocycles. The lowest BCUT2D eigenvalue weighted by molar-refractivity contribution is -0.113. The Hall–Kier alpha value is -2.36. The molecule has 0 bridgehead atoms. The fourth-order valence-corrected chi connectivity index (χ4v) is 3.74. The normalized spacial score (nSPS) is 15.1. The molecule has 3 rings (SSSR count). The number of benzene rings is 1. The molecule has 1 aromatic carbocycles. The van der Waals surface area contributed by atoms with E-state index in [1.165, 1.54) is 60.0 Å². The standard InChI is InChI=1S/C17H21F2N5O2S/c18-16(19)26-13-8-6-12(7-9-13)21-14(25)10-27-17-23-22-15(24(17)20)11-4-2-1-3-5-11/h6-9,11,16H,1-5,10,20H2,(H,21,25). The van der Waals surface area contributed by atoms with Gasteiger partial charge in [-0.3, -0.25) is 4.79 Å². The number of rotatable bonds is 7. The second kappa shape index (κ2) is 9.03. The van der Waals surface area contributed by atoms with Crippen molar-refractivity contribution in [1.82, 2.24) is 14.9 Å². The molecule has 1 amide bonds. The topological polar surface area (TPSA) is 95.1 Å². The highest BCUT2D eigenvalue weighted by Gasteiger charge is 2.22. The van der Waals surface area contributed by atoms with Gasteiger partial charge in [-0.1, -0.05) is 31.0 Å². The third-order valence-corrected chi connectivity index (χ3v) is 5.30. The first-order chi connectivity index (χ1) is 13.0. The number of nitrogen functional groups attached to an aromatic ring is 1. The van der Waals surface area contributed by atoms with Crippen molar-refractivity contribution in [2.45, 2.75) is 49.8 Å². The highest BCUT2D eigenvalue weighted by Crippen LogP contribution is 2.32. The summed E-state index contributed by atoms with van der Waals surface area (Å²) >= 11 is 1.20. The van der Waals surface area contributed by atoms with Gasteiger partial charge in [0.15, 0.2) is 5.82 Å². The van der Waals surface area contributed by atoms with Crippen molar-refractivity contribution in [3.63, 3.8) is 0 Å². The minimum Gasteiger partial charge on any atom is -0.435 e. The van der Waals surface area contributed by atoms with E-state index in [9.17, 15) is 13.6 Å². The van der Waals surface area contributed by atoms with Crippen LogP contribution in [0.3, 0.4) is 0 Å². The molecule has 0 spiro atoms. The van der Waals surface area contributed by atoms with Crippen molar-refractivity contribution in [1.29, 1.82) is 0 Å². The van der Waals surface area contributed by atoms with Gasteiger partial charge in [0.25, 0.3) is 0 Å². The molecule has 0 aliphatic heterocycles. The first-order valence-corrected chi connectivity index (χ1v) is 9.69. The second-order valence-electron chi connectivity index (χ2n) is 6.29. The Bertz CT molecular complexity index is 763. The lowest BCUT2D eigenvalue weighted by Crippen LogP contribution is -2.19. The molecule has 1 fully saturated rings. The SMILES string of the molecule is Nn1c(SCC(=O)Nc2ccc(OC(F)F)cc2)nnc1C1CCCCC1.